The maximum atomic E-state index is 13.7. The van der Waals surface area contributed by atoms with E-state index < -0.39 is 23.2 Å². The number of carbonyl (C=O) groups is 1. The molecule has 0 saturated carbocycles. The minimum absolute atomic E-state index is 0.0532. The fourth-order valence-corrected chi connectivity index (χ4v) is 1.67. The average Bonchev–Trinajstić information content (AvgIpc) is 2.32. The van der Waals surface area contributed by atoms with E-state index in [0.29, 0.717) is 11.6 Å². The lowest BCUT2D eigenvalue weighted by Gasteiger charge is -2.06. The Morgan fingerprint density at radius 2 is 1.67 bits per heavy atom. The molecule has 0 aliphatic rings. The fourth-order valence-electron chi connectivity index (χ4n) is 1.67. The lowest BCUT2D eigenvalue weighted by atomic mass is 10.0. The van der Waals surface area contributed by atoms with E-state index in [1.54, 1.807) is 24.3 Å². The van der Waals surface area contributed by atoms with Crippen molar-refractivity contribution in [2.75, 3.05) is 0 Å². The molecule has 0 radical (unpaired) electrons. The van der Waals surface area contributed by atoms with E-state index in [1.807, 2.05) is 6.92 Å². The number of aromatic carboxylic acids is 1. The lowest BCUT2D eigenvalue weighted by Crippen LogP contribution is -2.02. The lowest BCUT2D eigenvalue weighted by molar-refractivity contribution is 0.0691. The summed E-state index contributed by atoms with van der Waals surface area (Å²) in [6.07, 6.45) is 0. The molecule has 0 aliphatic carbocycles. The fraction of sp³-hybridized carbons (Fsp3) is 0.0714. The Bertz CT molecular complexity index is 604. The summed E-state index contributed by atoms with van der Waals surface area (Å²) in [6.45, 7) is 1.88. The Hall–Kier alpha value is -2.23. The highest BCUT2D eigenvalue weighted by molar-refractivity contribution is 5.88. The SMILES string of the molecule is Cc1ccc(-c2cc(F)c(C(=O)O)cc2F)cc1. The van der Waals surface area contributed by atoms with Crippen molar-refractivity contribution in [1.29, 1.82) is 0 Å². The second-order valence-corrected chi connectivity index (χ2v) is 3.98. The highest BCUT2D eigenvalue weighted by Crippen LogP contribution is 2.26. The Balaban J connectivity index is 2.56. The molecule has 2 rings (SSSR count). The summed E-state index contributed by atoms with van der Waals surface area (Å²) >= 11 is 0. The van der Waals surface area contributed by atoms with Gasteiger partial charge in [-0.25, -0.2) is 13.6 Å². The maximum Gasteiger partial charge on any atom is 0.338 e. The van der Waals surface area contributed by atoms with Gasteiger partial charge in [-0.05, 0) is 24.6 Å². The first-order chi connectivity index (χ1) is 8.49. The average molecular weight is 248 g/mol. The molecule has 0 aliphatic heterocycles. The van der Waals surface area contributed by atoms with Crippen LogP contribution in [0.2, 0.25) is 0 Å². The van der Waals surface area contributed by atoms with Crippen LogP contribution in [0, 0.1) is 18.6 Å². The first-order valence-corrected chi connectivity index (χ1v) is 5.28. The highest BCUT2D eigenvalue weighted by Gasteiger charge is 2.15. The molecule has 0 atom stereocenters. The summed E-state index contributed by atoms with van der Waals surface area (Å²) in [5.41, 5.74) is 0.900. The van der Waals surface area contributed by atoms with Crippen molar-refractivity contribution in [3.8, 4) is 11.1 Å². The number of aryl methyl sites for hydroxylation is 1. The second kappa shape index (κ2) is 4.56. The van der Waals surface area contributed by atoms with Gasteiger partial charge in [0.2, 0.25) is 0 Å². The number of halogens is 2. The molecule has 2 nitrogen and oxygen atoms in total. The van der Waals surface area contributed by atoms with Gasteiger partial charge in [0.1, 0.15) is 11.6 Å². The minimum Gasteiger partial charge on any atom is -0.478 e. The van der Waals surface area contributed by atoms with Gasteiger partial charge in [0.25, 0.3) is 0 Å². The largest absolute Gasteiger partial charge is 0.478 e. The minimum atomic E-state index is -1.48. The highest BCUT2D eigenvalue weighted by atomic mass is 19.1. The maximum absolute atomic E-state index is 13.7. The summed E-state index contributed by atoms with van der Waals surface area (Å²) in [5.74, 6) is -3.18. The molecule has 1 N–H and O–H groups in total. The standard InChI is InChI=1S/C14H10F2O2/c1-8-2-4-9(5-3-8)10-6-13(16)11(14(17)18)7-12(10)15/h2-7H,1H3,(H,17,18). The molecule has 2 aromatic rings. The van der Waals surface area contributed by atoms with Crippen LogP contribution in [0.15, 0.2) is 36.4 Å². The number of carboxylic acid groups (broad SMARTS) is 1. The van der Waals surface area contributed by atoms with Gasteiger partial charge in [0.05, 0.1) is 5.56 Å². The van der Waals surface area contributed by atoms with Crippen LogP contribution in [0.4, 0.5) is 8.78 Å². The Kier molecular flexibility index (Phi) is 3.10. The summed E-state index contributed by atoms with van der Waals surface area (Å²) in [7, 11) is 0. The van der Waals surface area contributed by atoms with Gasteiger partial charge in [-0.15, -0.1) is 0 Å². The van der Waals surface area contributed by atoms with Gasteiger partial charge < -0.3 is 5.11 Å². The first-order valence-electron chi connectivity index (χ1n) is 5.28. The first kappa shape index (κ1) is 12.2. The molecule has 0 fully saturated rings. The Labute approximate surface area is 103 Å². The van der Waals surface area contributed by atoms with E-state index in [9.17, 15) is 13.6 Å². The predicted octanol–water partition coefficient (Wildman–Crippen LogP) is 3.64. The normalized spacial score (nSPS) is 10.4. The molecule has 0 unspecified atom stereocenters. The van der Waals surface area contributed by atoms with Crippen molar-refractivity contribution in [2.24, 2.45) is 0 Å². The van der Waals surface area contributed by atoms with Gasteiger partial charge in [0, 0.05) is 5.56 Å². The van der Waals surface area contributed by atoms with Crippen molar-refractivity contribution < 1.29 is 18.7 Å². The van der Waals surface area contributed by atoms with E-state index in [4.69, 9.17) is 5.11 Å². The molecule has 0 aromatic heterocycles. The van der Waals surface area contributed by atoms with Gasteiger partial charge in [0.15, 0.2) is 0 Å². The number of hydrogen-bond acceptors (Lipinski definition) is 1. The summed E-state index contributed by atoms with van der Waals surface area (Å²) in [6, 6.07) is 8.48. The quantitative estimate of drug-likeness (QED) is 0.880. The molecule has 4 heteroatoms. The van der Waals surface area contributed by atoms with Crippen LogP contribution in [0.25, 0.3) is 11.1 Å². The third-order valence-electron chi connectivity index (χ3n) is 2.65. The number of carboxylic acids is 1. The molecule has 0 amide bonds. The van der Waals surface area contributed by atoms with Crippen molar-refractivity contribution in [1.82, 2.24) is 0 Å². The van der Waals surface area contributed by atoms with Gasteiger partial charge in [-0.2, -0.15) is 0 Å². The van der Waals surface area contributed by atoms with Crippen molar-refractivity contribution in [3.05, 3.63) is 59.2 Å². The predicted molar refractivity (Wildman–Crippen MR) is 63.5 cm³/mol. The van der Waals surface area contributed by atoms with E-state index in [-0.39, 0.29) is 5.56 Å². The van der Waals surface area contributed by atoms with E-state index in [2.05, 4.69) is 0 Å². The molecular formula is C14H10F2O2. The van der Waals surface area contributed by atoms with Crippen LogP contribution >= 0.6 is 0 Å². The molecule has 92 valence electrons. The smallest absolute Gasteiger partial charge is 0.338 e. The van der Waals surface area contributed by atoms with Crippen molar-refractivity contribution >= 4 is 5.97 Å². The second-order valence-electron chi connectivity index (χ2n) is 3.98. The number of benzene rings is 2. The molecule has 0 spiro atoms. The van der Waals surface area contributed by atoms with Gasteiger partial charge in [-0.1, -0.05) is 29.8 Å². The molecule has 0 bridgehead atoms. The third kappa shape index (κ3) is 2.22. The van der Waals surface area contributed by atoms with Crippen LogP contribution in [0.5, 0.6) is 0 Å². The molecule has 0 saturated heterocycles. The van der Waals surface area contributed by atoms with Gasteiger partial charge in [-0.3, -0.25) is 0 Å². The monoisotopic (exact) mass is 248 g/mol. The van der Waals surface area contributed by atoms with Crippen LogP contribution in [0.3, 0.4) is 0 Å². The van der Waals surface area contributed by atoms with Gasteiger partial charge >= 0.3 is 5.97 Å². The van der Waals surface area contributed by atoms with Crippen LogP contribution in [0.1, 0.15) is 15.9 Å². The van der Waals surface area contributed by atoms with Crippen molar-refractivity contribution in [2.45, 2.75) is 6.92 Å². The number of rotatable bonds is 2. The Morgan fingerprint density at radius 1 is 1.06 bits per heavy atom. The van der Waals surface area contributed by atoms with Crippen LogP contribution < -0.4 is 0 Å². The van der Waals surface area contributed by atoms with E-state index in [0.717, 1.165) is 11.6 Å². The Morgan fingerprint density at radius 3 is 2.22 bits per heavy atom. The molecular weight excluding hydrogens is 238 g/mol. The zero-order valence-electron chi connectivity index (χ0n) is 9.58. The van der Waals surface area contributed by atoms with Crippen molar-refractivity contribution in [3.63, 3.8) is 0 Å². The molecule has 2 aromatic carbocycles. The zero-order valence-corrected chi connectivity index (χ0v) is 9.58. The van der Waals surface area contributed by atoms with E-state index in [1.165, 1.54) is 0 Å². The van der Waals surface area contributed by atoms with Crippen LogP contribution in [-0.2, 0) is 0 Å². The van der Waals surface area contributed by atoms with Crippen LogP contribution in [-0.4, -0.2) is 11.1 Å². The van der Waals surface area contributed by atoms with E-state index >= 15 is 0 Å². The molecule has 0 heterocycles. The summed E-state index contributed by atoms with van der Waals surface area (Å²) < 4.78 is 27.2. The molecule has 18 heavy (non-hydrogen) atoms. The third-order valence-corrected chi connectivity index (χ3v) is 2.65. The zero-order chi connectivity index (χ0) is 13.3. The summed E-state index contributed by atoms with van der Waals surface area (Å²) in [4.78, 5) is 10.7. The number of hydrogen-bond donors (Lipinski definition) is 1. The summed E-state index contributed by atoms with van der Waals surface area (Å²) in [5, 5.41) is 8.68. The topological polar surface area (TPSA) is 37.3 Å².